The van der Waals surface area contributed by atoms with Crippen LogP contribution in [-0.2, 0) is 0 Å². The Balaban J connectivity index is 3.30. The van der Waals surface area contributed by atoms with Crippen LogP contribution in [0.1, 0.15) is 20.3 Å². The smallest absolute Gasteiger partial charge is 0.0568 e. The molecule has 0 aliphatic rings. The average Bonchev–Trinajstić information content (AvgIpc) is 1.90. The zero-order valence-electron chi connectivity index (χ0n) is 7.41. The van der Waals surface area contributed by atoms with Gasteiger partial charge in [-0.25, -0.2) is 0 Å². The van der Waals surface area contributed by atoms with E-state index in [1.807, 2.05) is 0 Å². The van der Waals surface area contributed by atoms with Gasteiger partial charge in [-0.1, -0.05) is 19.9 Å². The van der Waals surface area contributed by atoms with Gasteiger partial charge in [-0.2, -0.15) is 0 Å². The van der Waals surface area contributed by atoms with Crippen LogP contribution >= 0.6 is 0 Å². The molecular formula is C7H20N2Si. The Bertz CT molecular complexity index is 54.4. The summed E-state index contributed by atoms with van der Waals surface area (Å²) in [5, 5.41) is 6.79. The molecule has 0 saturated heterocycles. The second-order valence-electron chi connectivity index (χ2n) is 2.46. The zero-order chi connectivity index (χ0) is 7.82. The number of hydrogen-bond acceptors (Lipinski definition) is 2. The molecule has 0 heterocycles. The summed E-state index contributed by atoms with van der Waals surface area (Å²) in [5.74, 6) is 0. The first kappa shape index (κ1) is 10.1. The topological polar surface area (TPSA) is 24.1 Å². The Hall–Kier alpha value is 0.137. The Morgan fingerprint density at radius 3 is 2.00 bits per heavy atom. The Kier molecular flexibility index (Phi) is 7.35. The molecule has 2 N–H and O–H groups in total. The van der Waals surface area contributed by atoms with Crippen molar-refractivity contribution in [1.29, 1.82) is 0 Å². The first-order chi connectivity index (χ1) is 4.85. The molecule has 0 radical (unpaired) electrons. The quantitative estimate of drug-likeness (QED) is 0.412. The van der Waals surface area contributed by atoms with Crippen LogP contribution in [0.3, 0.4) is 0 Å². The lowest BCUT2D eigenvalue weighted by molar-refractivity contribution is 0.433. The second kappa shape index (κ2) is 7.25. The fraction of sp³-hybridized carbons (Fsp3) is 1.00. The fourth-order valence-corrected chi connectivity index (χ4v) is 1.64. The maximum atomic E-state index is 3.40. The van der Waals surface area contributed by atoms with Gasteiger partial charge in [0, 0.05) is 10.2 Å². The van der Waals surface area contributed by atoms with Gasteiger partial charge in [-0.15, -0.1) is 0 Å². The van der Waals surface area contributed by atoms with Gasteiger partial charge >= 0.3 is 0 Å². The van der Waals surface area contributed by atoms with Crippen molar-refractivity contribution in [1.82, 2.24) is 10.6 Å². The van der Waals surface area contributed by atoms with Crippen LogP contribution in [0, 0.1) is 0 Å². The van der Waals surface area contributed by atoms with Crippen LogP contribution in [0.4, 0.5) is 0 Å². The monoisotopic (exact) mass is 160 g/mol. The summed E-state index contributed by atoms with van der Waals surface area (Å²) in [7, 11) is 1.32. The lowest BCUT2D eigenvalue weighted by Gasteiger charge is -2.17. The minimum Gasteiger partial charge on any atom is -0.302 e. The third-order valence-corrected chi connectivity index (χ3v) is 2.06. The summed E-state index contributed by atoms with van der Waals surface area (Å²) in [4.78, 5) is 0. The maximum Gasteiger partial charge on any atom is 0.0568 e. The summed E-state index contributed by atoms with van der Waals surface area (Å²) < 4.78 is 0. The number of nitrogens with one attached hydrogen (secondary N) is 2. The van der Waals surface area contributed by atoms with Crippen LogP contribution in [0.15, 0.2) is 0 Å². The van der Waals surface area contributed by atoms with E-state index in [1.54, 1.807) is 0 Å². The summed E-state index contributed by atoms with van der Waals surface area (Å²) in [6.07, 6.45) is 1.85. The van der Waals surface area contributed by atoms with E-state index >= 15 is 0 Å². The molecule has 2 nitrogen and oxygen atoms in total. The van der Waals surface area contributed by atoms with Crippen LogP contribution < -0.4 is 10.6 Å². The van der Waals surface area contributed by atoms with Crippen LogP contribution in [0.25, 0.3) is 0 Å². The predicted molar refractivity (Wildman–Crippen MR) is 50.5 cm³/mol. The lowest BCUT2D eigenvalue weighted by Crippen LogP contribution is -2.41. The Morgan fingerprint density at radius 2 is 1.70 bits per heavy atom. The third kappa shape index (κ3) is 4.96. The van der Waals surface area contributed by atoms with Crippen molar-refractivity contribution >= 4 is 10.2 Å². The predicted octanol–water partition coefficient (Wildman–Crippen LogP) is -0.295. The highest BCUT2D eigenvalue weighted by Gasteiger charge is 2.00. The minimum atomic E-state index is 0.562. The van der Waals surface area contributed by atoms with Gasteiger partial charge in [0.2, 0.25) is 0 Å². The standard InChI is InChI=1S/C7H20N2Si/c1-3-8-7(5-6-10)9-4-2/h7-9H,3-6H2,1-2,10H3. The van der Waals surface area contributed by atoms with E-state index in [0.717, 1.165) is 13.1 Å². The molecule has 3 heteroatoms. The summed E-state index contributed by atoms with van der Waals surface area (Å²) >= 11 is 0. The lowest BCUT2D eigenvalue weighted by atomic mass is 10.3. The molecule has 0 amide bonds. The fourth-order valence-electron chi connectivity index (χ4n) is 1.06. The highest BCUT2D eigenvalue weighted by Crippen LogP contribution is 1.90. The van der Waals surface area contributed by atoms with Gasteiger partial charge in [0.25, 0.3) is 0 Å². The highest BCUT2D eigenvalue weighted by atomic mass is 28.1. The van der Waals surface area contributed by atoms with Gasteiger partial charge in [-0.05, 0) is 19.5 Å². The van der Waals surface area contributed by atoms with Crippen molar-refractivity contribution in [2.45, 2.75) is 32.5 Å². The molecular weight excluding hydrogens is 140 g/mol. The summed E-state index contributed by atoms with van der Waals surface area (Å²) in [5.41, 5.74) is 0. The number of rotatable bonds is 6. The van der Waals surface area contributed by atoms with Crippen LogP contribution in [0.5, 0.6) is 0 Å². The van der Waals surface area contributed by atoms with E-state index < -0.39 is 0 Å². The largest absolute Gasteiger partial charge is 0.302 e. The molecule has 0 aromatic heterocycles. The molecule has 0 atom stereocenters. The van der Waals surface area contributed by atoms with Gasteiger partial charge in [0.15, 0.2) is 0 Å². The third-order valence-electron chi connectivity index (χ3n) is 1.48. The van der Waals surface area contributed by atoms with E-state index in [1.165, 1.54) is 22.7 Å². The normalized spacial score (nSPS) is 11.1. The molecule has 0 saturated carbocycles. The second-order valence-corrected chi connectivity index (χ2v) is 3.46. The van der Waals surface area contributed by atoms with Gasteiger partial charge in [0.1, 0.15) is 0 Å². The Morgan fingerprint density at radius 1 is 1.20 bits per heavy atom. The summed E-state index contributed by atoms with van der Waals surface area (Å²) in [6, 6.07) is 1.38. The van der Waals surface area contributed by atoms with Crippen molar-refractivity contribution in [3.8, 4) is 0 Å². The molecule has 0 aromatic carbocycles. The molecule has 0 aromatic rings. The zero-order valence-corrected chi connectivity index (χ0v) is 9.41. The van der Waals surface area contributed by atoms with Gasteiger partial charge in [-0.3, -0.25) is 0 Å². The molecule has 0 bridgehead atoms. The summed E-state index contributed by atoms with van der Waals surface area (Å²) in [6.45, 7) is 6.44. The Labute approximate surface area is 67.2 Å². The number of hydrogen-bond donors (Lipinski definition) is 2. The average molecular weight is 160 g/mol. The van der Waals surface area contributed by atoms with E-state index in [9.17, 15) is 0 Å². The minimum absolute atomic E-state index is 0.562. The molecule has 10 heavy (non-hydrogen) atoms. The maximum absolute atomic E-state index is 3.40. The van der Waals surface area contributed by atoms with Crippen molar-refractivity contribution in [3.63, 3.8) is 0 Å². The van der Waals surface area contributed by atoms with Crippen molar-refractivity contribution < 1.29 is 0 Å². The van der Waals surface area contributed by atoms with Gasteiger partial charge in [0.05, 0.1) is 6.17 Å². The molecule has 0 rings (SSSR count). The van der Waals surface area contributed by atoms with Crippen LogP contribution in [-0.4, -0.2) is 29.5 Å². The highest BCUT2D eigenvalue weighted by molar-refractivity contribution is 6.08. The molecule has 0 aliphatic heterocycles. The van der Waals surface area contributed by atoms with E-state index in [4.69, 9.17) is 0 Å². The van der Waals surface area contributed by atoms with E-state index in [-0.39, 0.29) is 0 Å². The van der Waals surface area contributed by atoms with Crippen molar-refractivity contribution in [2.24, 2.45) is 0 Å². The van der Waals surface area contributed by atoms with Crippen LogP contribution in [0.2, 0.25) is 6.04 Å². The van der Waals surface area contributed by atoms with Crippen molar-refractivity contribution in [2.75, 3.05) is 13.1 Å². The molecule has 0 fully saturated rings. The van der Waals surface area contributed by atoms with Gasteiger partial charge < -0.3 is 10.6 Å². The molecule has 0 aliphatic carbocycles. The molecule has 62 valence electrons. The SMILES string of the molecule is CCNC(CC[SiH3])NCC. The molecule has 0 unspecified atom stereocenters. The molecule has 0 spiro atoms. The van der Waals surface area contributed by atoms with E-state index in [2.05, 4.69) is 24.5 Å². The first-order valence-electron chi connectivity index (χ1n) is 4.31. The van der Waals surface area contributed by atoms with E-state index in [0.29, 0.717) is 6.17 Å². The first-order valence-corrected chi connectivity index (χ1v) is 5.73. The van der Waals surface area contributed by atoms with Crippen molar-refractivity contribution in [3.05, 3.63) is 0 Å².